The van der Waals surface area contributed by atoms with Crippen molar-refractivity contribution in [2.24, 2.45) is 17.6 Å². The van der Waals surface area contributed by atoms with E-state index in [0.29, 0.717) is 30.8 Å². The Morgan fingerprint density at radius 3 is 2.42 bits per heavy atom. The number of nitrogens with two attached hydrogens (primary N) is 1. The Labute approximate surface area is 118 Å². The van der Waals surface area contributed by atoms with Crippen LogP contribution in [0.5, 0.6) is 0 Å². The summed E-state index contributed by atoms with van der Waals surface area (Å²) in [5.74, 6) is 1.19. The van der Waals surface area contributed by atoms with E-state index < -0.39 is 0 Å². The Balaban J connectivity index is 2.29. The average molecular weight is 269 g/mol. The van der Waals surface area contributed by atoms with E-state index in [4.69, 9.17) is 5.73 Å². The van der Waals surface area contributed by atoms with Gasteiger partial charge in [0.05, 0.1) is 0 Å². The summed E-state index contributed by atoms with van der Waals surface area (Å²) in [6.07, 6.45) is 4.08. The smallest absolute Gasteiger partial charge is 0.220 e. The van der Waals surface area contributed by atoms with E-state index >= 15 is 0 Å². The molecule has 0 aromatic rings. The summed E-state index contributed by atoms with van der Waals surface area (Å²) in [5.41, 5.74) is 5.56. The Kier molecular flexibility index (Phi) is 7.39. The fraction of sp³-hybridized carbons (Fsp3) is 0.933. The fourth-order valence-corrected chi connectivity index (χ4v) is 2.66. The molecule has 1 saturated heterocycles. The lowest BCUT2D eigenvalue weighted by Gasteiger charge is -2.31. The van der Waals surface area contributed by atoms with Gasteiger partial charge >= 0.3 is 0 Å². The molecule has 0 spiro atoms. The van der Waals surface area contributed by atoms with Crippen molar-refractivity contribution >= 4 is 5.91 Å². The zero-order valence-corrected chi connectivity index (χ0v) is 12.8. The van der Waals surface area contributed by atoms with Crippen molar-refractivity contribution in [1.29, 1.82) is 0 Å². The van der Waals surface area contributed by atoms with E-state index in [9.17, 15) is 4.79 Å². The molecule has 1 fully saturated rings. The highest BCUT2D eigenvalue weighted by molar-refractivity contribution is 5.75. The SMILES string of the molecule is CC(CN)CCC(=O)NCC(C(C)C)N1CCCC1. The van der Waals surface area contributed by atoms with Gasteiger partial charge in [-0.1, -0.05) is 20.8 Å². The summed E-state index contributed by atoms with van der Waals surface area (Å²) in [7, 11) is 0. The molecule has 0 radical (unpaired) electrons. The second-order valence-corrected chi connectivity index (χ2v) is 6.24. The molecule has 4 heteroatoms. The van der Waals surface area contributed by atoms with E-state index in [0.717, 1.165) is 13.0 Å². The van der Waals surface area contributed by atoms with Crippen LogP contribution in [0.1, 0.15) is 46.5 Å². The van der Waals surface area contributed by atoms with Gasteiger partial charge in [-0.3, -0.25) is 9.69 Å². The van der Waals surface area contributed by atoms with Crippen LogP contribution in [0, 0.1) is 11.8 Å². The minimum Gasteiger partial charge on any atom is -0.355 e. The summed E-state index contributed by atoms with van der Waals surface area (Å²) in [6, 6.07) is 0.485. The minimum absolute atomic E-state index is 0.171. The van der Waals surface area contributed by atoms with Gasteiger partial charge < -0.3 is 11.1 Å². The van der Waals surface area contributed by atoms with Gasteiger partial charge in [0.2, 0.25) is 5.91 Å². The van der Waals surface area contributed by atoms with E-state index in [2.05, 4.69) is 31.0 Å². The largest absolute Gasteiger partial charge is 0.355 e. The van der Waals surface area contributed by atoms with E-state index in [1.165, 1.54) is 25.9 Å². The molecule has 0 aromatic carbocycles. The summed E-state index contributed by atoms with van der Waals surface area (Å²) in [5, 5.41) is 3.10. The molecule has 0 saturated carbocycles. The number of amides is 1. The number of likely N-dealkylation sites (tertiary alicyclic amines) is 1. The molecule has 2 atom stereocenters. The van der Waals surface area contributed by atoms with Gasteiger partial charge in [0.25, 0.3) is 0 Å². The van der Waals surface area contributed by atoms with E-state index in [1.54, 1.807) is 0 Å². The number of hydrogen-bond donors (Lipinski definition) is 2. The lowest BCUT2D eigenvalue weighted by molar-refractivity contribution is -0.121. The lowest BCUT2D eigenvalue weighted by Crippen LogP contribution is -2.45. The molecule has 0 aromatic heterocycles. The number of nitrogens with zero attached hydrogens (tertiary/aromatic N) is 1. The maximum atomic E-state index is 11.8. The van der Waals surface area contributed by atoms with Crippen LogP contribution in [0.3, 0.4) is 0 Å². The number of carbonyl (C=O) groups is 1. The third-order valence-corrected chi connectivity index (χ3v) is 4.15. The first kappa shape index (κ1) is 16.4. The van der Waals surface area contributed by atoms with E-state index in [-0.39, 0.29) is 5.91 Å². The molecule has 0 aliphatic carbocycles. The quantitative estimate of drug-likeness (QED) is 0.703. The van der Waals surface area contributed by atoms with Crippen molar-refractivity contribution in [3.8, 4) is 0 Å². The van der Waals surface area contributed by atoms with Crippen molar-refractivity contribution in [2.75, 3.05) is 26.2 Å². The highest BCUT2D eigenvalue weighted by atomic mass is 16.1. The maximum Gasteiger partial charge on any atom is 0.220 e. The van der Waals surface area contributed by atoms with Crippen LogP contribution in [0.2, 0.25) is 0 Å². The van der Waals surface area contributed by atoms with Gasteiger partial charge in [-0.15, -0.1) is 0 Å². The summed E-state index contributed by atoms with van der Waals surface area (Å²) in [4.78, 5) is 14.4. The van der Waals surface area contributed by atoms with Gasteiger partial charge in [0.15, 0.2) is 0 Å². The second-order valence-electron chi connectivity index (χ2n) is 6.24. The summed E-state index contributed by atoms with van der Waals surface area (Å²) in [6.45, 7) is 10.4. The average Bonchev–Trinajstić information content (AvgIpc) is 2.89. The molecule has 19 heavy (non-hydrogen) atoms. The van der Waals surface area contributed by atoms with Gasteiger partial charge in [0.1, 0.15) is 0 Å². The molecule has 2 unspecified atom stereocenters. The first-order valence-electron chi connectivity index (χ1n) is 7.75. The fourth-order valence-electron chi connectivity index (χ4n) is 2.66. The normalized spacial score (nSPS) is 19.6. The molecule has 1 aliphatic heterocycles. The summed E-state index contributed by atoms with van der Waals surface area (Å²) < 4.78 is 0. The number of rotatable bonds is 8. The van der Waals surface area contributed by atoms with Crippen molar-refractivity contribution < 1.29 is 4.79 Å². The molecular weight excluding hydrogens is 238 g/mol. The van der Waals surface area contributed by atoms with Crippen molar-refractivity contribution in [3.63, 3.8) is 0 Å². The molecule has 4 nitrogen and oxygen atoms in total. The third kappa shape index (κ3) is 5.91. The van der Waals surface area contributed by atoms with Crippen LogP contribution >= 0.6 is 0 Å². The third-order valence-electron chi connectivity index (χ3n) is 4.15. The molecule has 1 aliphatic rings. The highest BCUT2D eigenvalue weighted by Crippen LogP contribution is 2.17. The standard InChI is InChI=1S/C15H31N3O/c1-12(2)14(18-8-4-5-9-18)11-17-15(19)7-6-13(3)10-16/h12-14H,4-11,16H2,1-3H3,(H,17,19). The van der Waals surface area contributed by atoms with Gasteiger partial charge in [-0.2, -0.15) is 0 Å². The van der Waals surface area contributed by atoms with Crippen LogP contribution in [0.15, 0.2) is 0 Å². The highest BCUT2D eigenvalue weighted by Gasteiger charge is 2.24. The van der Waals surface area contributed by atoms with Crippen LogP contribution in [-0.2, 0) is 4.79 Å². The predicted octanol–water partition coefficient (Wildman–Crippen LogP) is 1.60. The number of carbonyl (C=O) groups excluding carboxylic acids is 1. The Morgan fingerprint density at radius 1 is 1.26 bits per heavy atom. The Bertz CT molecular complexity index is 262. The summed E-state index contributed by atoms with van der Waals surface area (Å²) >= 11 is 0. The minimum atomic E-state index is 0.171. The zero-order chi connectivity index (χ0) is 14.3. The zero-order valence-electron chi connectivity index (χ0n) is 12.8. The first-order chi connectivity index (χ1) is 9.04. The molecule has 1 rings (SSSR count). The topological polar surface area (TPSA) is 58.4 Å². The Morgan fingerprint density at radius 2 is 1.89 bits per heavy atom. The number of hydrogen-bond acceptors (Lipinski definition) is 3. The molecule has 112 valence electrons. The molecule has 0 bridgehead atoms. The van der Waals surface area contributed by atoms with Crippen molar-refractivity contribution in [3.05, 3.63) is 0 Å². The maximum absolute atomic E-state index is 11.8. The lowest BCUT2D eigenvalue weighted by atomic mass is 10.0. The molecule has 3 N–H and O–H groups in total. The number of nitrogens with one attached hydrogen (secondary N) is 1. The van der Waals surface area contributed by atoms with Crippen LogP contribution in [-0.4, -0.2) is 43.0 Å². The molecule has 1 heterocycles. The predicted molar refractivity (Wildman–Crippen MR) is 79.9 cm³/mol. The monoisotopic (exact) mass is 269 g/mol. The van der Waals surface area contributed by atoms with Crippen LogP contribution in [0.4, 0.5) is 0 Å². The molecule has 1 amide bonds. The van der Waals surface area contributed by atoms with Gasteiger partial charge in [-0.05, 0) is 50.7 Å². The second kappa shape index (κ2) is 8.54. The van der Waals surface area contributed by atoms with Crippen LogP contribution < -0.4 is 11.1 Å². The molecular formula is C15H31N3O. The Hall–Kier alpha value is -0.610. The first-order valence-corrected chi connectivity index (χ1v) is 7.75. The van der Waals surface area contributed by atoms with E-state index in [1.807, 2.05) is 0 Å². The van der Waals surface area contributed by atoms with Crippen molar-refractivity contribution in [1.82, 2.24) is 10.2 Å². The van der Waals surface area contributed by atoms with Gasteiger partial charge in [0, 0.05) is 19.0 Å². The van der Waals surface area contributed by atoms with Gasteiger partial charge in [-0.25, -0.2) is 0 Å². The van der Waals surface area contributed by atoms with Crippen molar-refractivity contribution in [2.45, 2.75) is 52.5 Å². The van der Waals surface area contributed by atoms with Crippen LogP contribution in [0.25, 0.3) is 0 Å².